The molecule has 0 saturated carbocycles. The average Bonchev–Trinajstić information content (AvgIpc) is 2.90. The largest absolute Gasteiger partial charge is 0.388 e. The van der Waals surface area contributed by atoms with Gasteiger partial charge in [0, 0.05) is 63.3 Å². The SMILES string of the molecule is CC.CC.COC.COC.COC.COC.c1ccc(CC2COC(c3ccccc3)CO2)cc1. The molecule has 3 rings (SSSR count). The smallest absolute Gasteiger partial charge is 0.106 e. The second-order valence-corrected chi connectivity index (χ2v) is 6.51. The second-order valence-electron chi connectivity index (χ2n) is 6.51. The first-order chi connectivity index (χ1) is 17.1. The van der Waals surface area contributed by atoms with Gasteiger partial charge < -0.3 is 28.4 Å². The van der Waals surface area contributed by atoms with Crippen molar-refractivity contribution >= 4 is 0 Å². The lowest BCUT2D eigenvalue weighted by molar-refractivity contribution is -0.134. The minimum Gasteiger partial charge on any atom is -0.388 e. The first kappa shape index (κ1) is 40.4. The van der Waals surface area contributed by atoms with E-state index in [0.717, 1.165) is 6.42 Å². The predicted octanol–water partition coefficient (Wildman–Crippen LogP) is 6.49. The minimum atomic E-state index is 0.0771. The van der Waals surface area contributed by atoms with Crippen molar-refractivity contribution in [2.75, 3.05) is 70.1 Å². The Bertz CT molecular complexity index is 550. The highest BCUT2D eigenvalue weighted by Crippen LogP contribution is 2.23. The Hall–Kier alpha value is -1.80. The number of ether oxygens (including phenoxy) is 6. The Morgan fingerprint density at radius 2 is 0.943 bits per heavy atom. The lowest BCUT2D eigenvalue weighted by atomic mass is 10.1. The summed E-state index contributed by atoms with van der Waals surface area (Å²) in [6.45, 7) is 9.30. The molecular formula is C29H54O6. The molecule has 2 unspecified atom stereocenters. The van der Waals surface area contributed by atoms with Gasteiger partial charge in [-0.2, -0.15) is 0 Å². The van der Waals surface area contributed by atoms with E-state index in [1.807, 2.05) is 52.0 Å². The summed E-state index contributed by atoms with van der Waals surface area (Å²) in [4.78, 5) is 0. The third kappa shape index (κ3) is 28.3. The standard InChI is InChI=1S/C17H18O2.4C2H6O.2C2H6/c1-3-7-14(8-4-1)11-16-12-19-17(13-18-16)15-9-5-2-6-10-15;4*1-3-2;2*1-2/h1-10,16-17H,11-13H2;4*1-2H3;2*1-2H3. The molecule has 0 aromatic heterocycles. The first-order valence-electron chi connectivity index (χ1n) is 12.0. The predicted molar refractivity (Wildman–Crippen MR) is 149 cm³/mol. The molecule has 2 atom stereocenters. The third-order valence-corrected chi connectivity index (χ3v) is 3.44. The Kier molecular flexibility index (Phi) is 42.4. The second kappa shape index (κ2) is 36.8. The van der Waals surface area contributed by atoms with Crippen molar-refractivity contribution in [2.45, 2.75) is 46.3 Å². The van der Waals surface area contributed by atoms with Crippen molar-refractivity contribution in [2.24, 2.45) is 0 Å². The Labute approximate surface area is 216 Å². The van der Waals surface area contributed by atoms with E-state index in [0.29, 0.717) is 13.2 Å². The summed E-state index contributed by atoms with van der Waals surface area (Å²) in [5, 5.41) is 0. The van der Waals surface area contributed by atoms with E-state index in [2.05, 4.69) is 55.3 Å². The van der Waals surface area contributed by atoms with Crippen LogP contribution in [0.2, 0.25) is 0 Å². The Morgan fingerprint density at radius 3 is 1.29 bits per heavy atom. The molecule has 0 bridgehead atoms. The maximum Gasteiger partial charge on any atom is 0.106 e. The summed E-state index contributed by atoms with van der Waals surface area (Å²) in [6.07, 6.45) is 1.16. The van der Waals surface area contributed by atoms with Crippen molar-refractivity contribution in [3.8, 4) is 0 Å². The molecule has 0 radical (unpaired) electrons. The number of hydrogen-bond acceptors (Lipinski definition) is 6. The number of rotatable bonds is 3. The van der Waals surface area contributed by atoms with Crippen LogP contribution in [0.25, 0.3) is 0 Å². The van der Waals surface area contributed by atoms with Gasteiger partial charge in [0.1, 0.15) is 6.10 Å². The highest BCUT2D eigenvalue weighted by Gasteiger charge is 2.23. The Balaban J connectivity index is -0.000000252. The molecule has 0 N–H and O–H groups in total. The fourth-order valence-electron chi connectivity index (χ4n) is 2.40. The van der Waals surface area contributed by atoms with Gasteiger partial charge in [-0.3, -0.25) is 0 Å². The maximum atomic E-state index is 5.92. The molecule has 2 aromatic carbocycles. The zero-order valence-electron chi connectivity index (χ0n) is 24.5. The summed E-state index contributed by atoms with van der Waals surface area (Å²) in [7, 11) is 13.0. The van der Waals surface area contributed by atoms with Gasteiger partial charge in [0.05, 0.1) is 19.3 Å². The third-order valence-electron chi connectivity index (χ3n) is 3.44. The van der Waals surface area contributed by atoms with Crippen molar-refractivity contribution in [3.05, 3.63) is 71.8 Å². The summed E-state index contributed by atoms with van der Waals surface area (Å²) < 4.78 is 28.8. The van der Waals surface area contributed by atoms with Gasteiger partial charge in [-0.15, -0.1) is 0 Å². The summed E-state index contributed by atoms with van der Waals surface area (Å²) in [5.74, 6) is 0. The van der Waals surface area contributed by atoms with Crippen molar-refractivity contribution in [1.82, 2.24) is 0 Å². The van der Waals surface area contributed by atoms with E-state index in [-0.39, 0.29) is 12.2 Å². The number of methoxy groups -OCH3 is 4. The van der Waals surface area contributed by atoms with E-state index in [1.54, 1.807) is 56.9 Å². The van der Waals surface area contributed by atoms with Crippen LogP contribution in [0.3, 0.4) is 0 Å². The van der Waals surface area contributed by atoms with Crippen molar-refractivity contribution in [3.63, 3.8) is 0 Å². The molecule has 0 spiro atoms. The van der Waals surface area contributed by atoms with Crippen LogP contribution < -0.4 is 0 Å². The van der Waals surface area contributed by atoms with Crippen LogP contribution in [0.1, 0.15) is 44.9 Å². The summed E-state index contributed by atoms with van der Waals surface area (Å²) in [5.41, 5.74) is 2.50. The van der Waals surface area contributed by atoms with Crippen LogP contribution in [-0.4, -0.2) is 76.2 Å². The van der Waals surface area contributed by atoms with E-state index in [9.17, 15) is 0 Å². The van der Waals surface area contributed by atoms with Crippen molar-refractivity contribution in [1.29, 1.82) is 0 Å². The zero-order valence-corrected chi connectivity index (χ0v) is 24.5. The van der Waals surface area contributed by atoms with E-state index < -0.39 is 0 Å². The van der Waals surface area contributed by atoms with Gasteiger partial charge >= 0.3 is 0 Å². The normalized spacial score (nSPS) is 15.0. The molecule has 0 aliphatic carbocycles. The Morgan fingerprint density at radius 1 is 0.571 bits per heavy atom. The molecular weight excluding hydrogens is 444 g/mol. The van der Waals surface area contributed by atoms with Gasteiger partial charge in [-0.05, 0) is 11.1 Å². The van der Waals surface area contributed by atoms with Gasteiger partial charge in [0.2, 0.25) is 0 Å². The average molecular weight is 499 g/mol. The van der Waals surface area contributed by atoms with Crippen LogP contribution in [0, 0.1) is 0 Å². The van der Waals surface area contributed by atoms with Gasteiger partial charge in [0.25, 0.3) is 0 Å². The summed E-state index contributed by atoms with van der Waals surface area (Å²) >= 11 is 0. The maximum absolute atomic E-state index is 5.92. The monoisotopic (exact) mass is 498 g/mol. The zero-order chi connectivity index (χ0) is 27.7. The van der Waals surface area contributed by atoms with Crippen LogP contribution in [0.4, 0.5) is 0 Å². The highest BCUT2D eigenvalue weighted by atomic mass is 16.6. The topological polar surface area (TPSA) is 55.4 Å². The molecule has 35 heavy (non-hydrogen) atoms. The molecule has 0 amide bonds. The molecule has 206 valence electrons. The number of benzene rings is 2. The number of hydrogen-bond donors (Lipinski definition) is 0. The summed E-state index contributed by atoms with van der Waals surface area (Å²) in [6, 6.07) is 20.7. The van der Waals surface area contributed by atoms with E-state index >= 15 is 0 Å². The first-order valence-corrected chi connectivity index (χ1v) is 12.0. The van der Waals surface area contributed by atoms with E-state index in [1.165, 1.54) is 11.1 Å². The lowest BCUT2D eigenvalue weighted by Gasteiger charge is -2.30. The quantitative estimate of drug-likeness (QED) is 0.482. The fourth-order valence-corrected chi connectivity index (χ4v) is 2.40. The molecule has 1 heterocycles. The molecule has 6 heteroatoms. The molecule has 6 nitrogen and oxygen atoms in total. The van der Waals surface area contributed by atoms with Crippen LogP contribution in [0.5, 0.6) is 0 Å². The highest BCUT2D eigenvalue weighted by molar-refractivity contribution is 5.18. The van der Waals surface area contributed by atoms with Gasteiger partial charge in [0.15, 0.2) is 0 Å². The molecule has 1 aliphatic rings. The van der Waals surface area contributed by atoms with Gasteiger partial charge in [-0.25, -0.2) is 0 Å². The fraction of sp³-hybridized carbons (Fsp3) is 0.586. The minimum absolute atomic E-state index is 0.0771. The van der Waals surface area contributed by atoms with Crippen LogP contribution >= 0.6 is 0 Å². The van der Waals surface area contributed by atoms with Gasteiger partial charge in [-0.1, -0.05) is 88.4 Å². The van der Waals surface area contributed by atoms with Crippen LogP contribution in [-0.2, 0) is 34.8 Å². The molecule has 1 saturated heterocycles. The lowest BCUT2D eigenvalue weighted by Crippen LogP contribution is -2.32. The van der Waals surface area contributed by atoms with E-state index in [4.69, 9.17) is 9.47 Å². The molecule has 2 aromatic rings. The molecule has 1 aliphatic heterocycles. The van der Waals surface area contributed by atoms with Crippen LogP contribution in [0.15, 0.2) is 60.7 Å². The van der Waals surface area contributed by atoms with Crippen molar-refractivity contribution < 1.29 is 28.4 Å². The molecule has 1 fully saturated rings.